The van der Waals surface area contributed by atoms with E-state index in [2.05, 4.69) is 5.32 Å². The summed E-state index contributed by atoms with van der Waals surface area (Å²) in [7, 11) is 0. The number of alkyl carbamates (subject to hydrolysis) is 1. The van der Waals surface area contributed by atoms with Gasteiger partial charge in [0.1, 0.15) is 17.2 Å². The number of carbonyl (C=O) groups is 2. The normalized spacial score (nSPS) is 18.0. The Balaban J connectivity index is 2.06. The van der Waals surface area contributed by atoms with Crippen LogP contribution in [0.1, 0.15) is 49.5 Å². The van der Waals surface area contributed by atoms with Crippen LogP contribution in [0.25, 0.3) is 0 Å². The molecule has 2 amide bonds. The Hall–Kier alpha value is -2.31. The zero-order chi connectivity index (χ0) is 18.8. The first-order valence-electron chi connectivity index (χ1n) is 8.35. The van der Waals surface area contributed by atoms with Crippen molar-refractivity contribution in [3.05, 3.63) is 29.1 Å². The zero-order valence-electron chi connectivity index (χ0n) is 15.1. The molecule has 2 N–H and O–H groups in total. The lowest BCUT2D eigenvalue weighted by atomic mass is 10.0. The summed E-state index contributed by atoms with van der Waals surface area (Å²) >= 11 is 0. The number of likely N-dealkylation sites (tertiary alicyclic amines) is 1. The van der Waals surface area contributed by atoms with Crippen molar-refractivity contribution in [1.29, 1.82) is 0 Å². The van der Waals surface area contributed by atoms with Crippen LogP contribution in [0.5, 0.6) is 5.75 Å². The largest absolute Gasteiger partial charge is 0.508 e. The van der Waals surface area contributed by atoms with Crippen LogP contribution < -0.4 is 5.32 Å². The number of phenolic OH excluding ortho intramolecular Hbond substituents is 1. The second kappa shape index (κ2) is 7.29. The molecular weight excluding hydrogens is 327 g/mol. The molecule has 0 spiro atoms. The van der Waals surface area contributed by atoms with E-state index in [1.165, 1.54) is 11.0 Å². The van der Waals surface area contributed by atoms with Crippen molar-refractivity contribution >= 4 is 12.0 Å². The number of nitrogens with one attached hydrogen (secondary N) is 1. The van der Waals surface area contributed by atoms with E-state index in [0.717, 1.165) is 12.5 Å². The highest BCUT2D eigenvalue weighted by Gasteiger charge is 2.29. The number of nitrogens with zero attached hydrogens (tertiary/aromatic N) is 1. The van der Waals surface area contributed by atoms with Gasteiger partial charge in [-0.2, -0.15) is 0 Å². The number of amides is 2. The van der Waals surface area contributed by atoms with Gasteiger partial charge in [-0.1, -0.05) is 0 Å². The van der Waals surface area contributed by atoms with Gasteiger partial charge in [0.2, 0.25) is 0 Å². The number of halogens is 1. The highest BCUT2D eigenvalue weighted by molar-refractivity contribution is 5.96. The molecule has 0 unspecified atom stereocenters. The standard InChI is InChI=1S/C18H25FN2O4/c1-11-8-13(22)9-14(19)15(11)16(23)21-7-5-6-12(10-21)20-17(24)25-18(2,3)4/h8-9,12,22H,5-7,10H2,1-4H3,(H,20,24)/t12-/m1/s1. The van der Waals surface area contributed by atoms with Gasteiger partial charge in [-0.05, 0) is 52.2 Å². The number of hydrogen-bond acceptors (Lipinski definition) is 4. The summed E-state index contributed by atoms with van der Waals surface area (Å²) in [6, 6.07) is 2.05. The Morgan fingerprint density at radius 3 is 2.64 bits per heavy atom. The summed E-state index contributed by atoms with van der Waals surface area (Å²) in [4.78, 5) is 26.1. The Morgan fingerprint density at radius 1 is 1.36 bits per heavy atom. The third-order valence-electron chi connectivity index (χ3n) is 3.92. The van der Waals surface area contributed by atoms with Crippen LogP contribution in [0.2, 0.25) is 0 Å². The molecule has 0 bridgehead atoms. The summed E-state index contributed by atoms with van der Waals surface area (Å²) in [6.45, 7) is 7.69. The van der Waals surface area contributed by atoms with E-state index in [-0.39, 0.29) is 23.9 Å². The second-order valence-electron chi connectivity index (χ2n) is 7.36. The molecule has 1 aliphatic rings. The lowest BCUT2D eigenvalue weighted by Gasteiger charge is -2.34. The number of aryl methyl sites for hydroxylation is 1. The fraction of sp³-hybridized carbons (Fsp3) is 0.556. The topological polar surface area (TPSA) is 78.9 Å². The van der Waals surface area contributed by atoms with E-state index < -0.39 is 23.4 Å². The number of carbonyl (C=O) groups excluding carboxylic acids is 2. The molecule has 1 fully saturated rings. The van der Waals surface area contributed by atoms with Crippen LogP contribution >= 0.6 is 0 Å². The average molecular weight is 352 g/mol. The van der Waals surface area contributed by atoms with Crippen molar-refractivity contribution in [1.82, 2.24) is 10.2 Å². The molecule has 0 aromatic heterocycles. The first-order valence-corrected chi connectivity index (χ1v) is 8.35. The van der Waals surface area contributed by atoms with Crippen molar-refractivity contribution in [2.24, 2.45) is 0 Å². The molecule has 6 nitrogen and oxygen atoms in total. The molecule has 138 valence electrons. The van der Waals surface area contributed by atoms with Gasteiger partial charge in [-0.3, -0.25) is 4.79 Å². The molecule has 1 saturated heterocycles. The summed E-state index contributed by atoms with van der Waals surface area (Å²) in [5.74, 6) is -1.40. The molecule has 1 aromatic rings. The Kier molecular flexibility index (Phi) is 5.55. The average Bonchev–Trinajstić information content (AvgIpc) is 2.44. The first kappa shape index (κ1) is 19.0. The van der Waals surface area contributed by atoms with E-state index in [1.807, 2.05) is 0 Å². The molecule has 1 heterocycles. The summed E-state index contributed by atoms with van der Waals surface area (Å²) in [5, 5.41) is 12.2. The minimum Gasteiger partial charge on any atom is -0.508 e. The molecule has 25 heavy (non-hydrogen) atoms. The highest BCUT2D eigenvalue weighted by atomic mass is 19.1. The van der Waals surface area contributed by atoms with Gasteiger partial charge in [0.15, 0.2) is 0 Å². The van der Waals surface area contributed by atoms with E-state index >= 15 is 0 Å². The number of benzene rings is 1. The number of aromatic hydroxyl groups is 1. The van der Waals surface area contributed by atoms with Crippen LogP contribution in [0.3, 0.4) is 0 Å². The highest BCUT2D eigenvalue weighted by Crippen LogP contribution is 2.23. The second-order valence-corrected chi connectivity index (χ2v) is 7.36. The van der Waals surface area contributed by atoms with Gasteiger partial charge >= 0.3 is 6.09 Å². The van der Waals surface area contributed by atoms with Crippen LogP contribution in [-0.4, -0.2) is 46.7 Å². The number of hydrogen-bond donors (Lipinski definition) is 2. The van der Waals surface area contributed by atoms with Crippen LogP contribution in [0, 0.1) is 12.7 Å². The molecule has 0 aliphatic carbocycles. The van der Waals surface area contributed by atoms with Gasteiger partial charge < -0.3 is 20.1 Å². The summed E-state index contributed by atoms with van der Waals surface area (Å²) in [6.07, 6.45) is 0.893. The number of piperidine rings is 1. The Morgan fingerprint density at radius 2 is 2.04 bits per heavy atom. The quantitative estimate of drug-likeness (QED) is 0.858. The van der Waals surface area contributed by atoms with E-state index in [4.69, 9.17) is 4.74 Å². The molecule has 1 aliphatic heterocycles. The van der Waals surface area contributed by atoms with Crippen molar-refractivity contribution in [3.63, 3.8) is 0 Å². The first-order chi connectivity index (χ1) is 11.6. The molecule has 1 aromatic carbocycles. The minimum atomic E-state index is -0.746. The molecule has 7 heteroatoms. The Bertz CT molecular complexity index is 647. The lowest BCUT2D eigenvalue weighted by molar-refractivity contribution is 0.0451. The summed E-state index contributed by atoms with van der Waals surface area (Å²) < 4.78 is 19.3. The maximum Gasteiger partial charge on any atom is 0.407 e. The molecule has 1 atom stereocenters. The van der Waals surface area contributed by atoms with E-state index in [9.17, 15) is 19.1 Å². The third kappa shape index (κ3) is 5.08. The van der Waals surface area contributed by atoms with Crippen LogP contribution in [0.15, 0.2) is 12.1 Å². The molecule has 0 saturated carbocycles. The minimum absolute atomic E-state index is 0.0456. The van der Waals surface area contributed by atoms with Crippen LogP contribution in [-0.2, 0) is 4.74 Å². The number of phenols is 1. The maximum atomic E-state index is 14.1. The number of rotatable bonds is 2. The van der Waals surface area contributed by atoms with Gasteiger partial charge in [-0.15, -0.1) is 0 Å². The maximum absolute atomic E-state index is 14.1. The fourth-order valence-electron chi connectivity index (χ4n) is 2.91. The van der Waals surface area contributed by atoms with Gasteiger partial charge in [-0.25, -0.2) is 9.18 Å². The molecule has 0 radical (unpaired) electrons. The molecule has 2 rings (SSSR count). The van der Waals surface area contributed by atoms with Crippen molar-refractivity contribution in [2.45, 2.75) is 52.2 Å². The monoisotopic (exact) mass is 352 g/mol. The zero-order valence-corrected chi connectivity index (χ0v) is 15.1. The predicted octanol–water partition coefficient (Wildman–Crippen LogP) is 2.97. The summed E-state index contributed by atoms with van der Waals surface area (Å²) in [5.41, 5.74) is -0.263. The number of ether oxygens (including phenoxy) is 1. The van der Waals surface area contributed by atoms with Crippen molar-refractivity contribution in [3.8, 4) is 5.75 Å². The fourth-order valence-corrected chi connectivity index (χ4v) is 2.91. The molecular formula is C18H25FN2O4. The Labute approximate surface area is 147 Å². The van der Waals surface area contributed by atoms with E-state index in [0.29, 0.717) is 18.5 Å². The smallest absolute Gasteiger partial charge is 0.407 e. The van der Waals surface area contributed by atoms with Gasteiger partial charge in [0, 0.05) is 25.2 Å². The van der Waals surface area contributed by atoms with Gasteiger partial charge in [0.05, 0.1) is 5.56 Å². The van der Waals surface area contributed by atoms with Gasteiger partial charge in [0.25, 0.3) is 5.91 Å². The lowest BCUT2D eigenvalue weighted by Crippen LogP contribution is -2.50. The van der Waals surface area contributed by atoms with Crippen LogP contribution in [0.4, 0.5) is 9.18 Å². The predicted molar refractivity (Wildman–Crippen MR) is 91.1 cm³/mol. The SMILES string of the molecule is Cc1cc(O)cc(F)c1C(=O)N1CCC[C@@H](NC(=O)OC(C)(C)C)C1. The third-order valence-corrected chi connectivity index (χ3v) is 3.92. The van der Waals surface area contributed by atoms with Crippen molar-refractivity contribution < 1.29 is 23.8 Å². The van der Waals surface area contributed by atoms with Crippen molar-refractivity contribution in [2.75, 3.05) is 13.1 Å². The van der Waals surface area contributed by atoms with E-state index in [1.54, 1.807) is 27.7 Å².